The van der Waals surface area contributed by atoms with Gasteiger partial charge in [0.25, 0.3) is 0 Å². The maximum atomic E-state index is 8.24. The Hall–Kier alpha value is -1.50. The second-order valence-corrected chi connectivity index (χ2v) is 2.41. The lowest BCUT2D eigenvalue weighted by Crippen LogP contribution is -2.30. The van der Waals surface area contributed by atoms with Crippen LogP contribution in [0.3, 0.4) is 0 Å². The minimum atomic E-state index is 0.500. The van der Waals surface area contributed by atoms with Crippen LogP contribution in [0, 0.1) is 11.5 Å². The number of imidazole rings is 1. The van der Waals surface area contributed by atoms with Gasteiger partial charge in [-0.3, -0.25) is 0 Å². The summed E-state index contributed by atoms with van der Waals surface area (Å²) in [6.45, 7) is 3.31. The molecule has 1 aromatic rings. The number of hydrogen-bond acceptors (Lipinski definition) is 2. The van der Waals surface area contributed by atoms with Crippen molar-refractivity contribution < 1.29 is 9.67 Å². The van der Waals surface area contributed by atoms with Gasteiger partial charge in [0.1, 0.15) is 12.4 Å². The van der Waals surface area contributed by atoms with Gasteiger partial charge >= 0.3 is 0 Å². The van der Waals surface area contributed by atoms with Crippen molar-refractivity contribution in [2.75, 3.05) is 0 Å². The second-order valence-electron chi connectivity index (χ2n) is 2.41. The first kappa shape index (κ1) is 10.5. The highest BCUT2D eigenvalue weighted by Gasteiger charge is 1.94. The van der Waals surface area contributed by atoms with E-state index in [0.29, 0.717) is 6.26 Å². The predicted octanol–water partition coefficient (Wildman–Crippen LogP) is -0.450. The van der Waals surface area contributed by atoms with Gasteiger partial charge in [0.15, 0.2) is 0 Å². The number of nitriles is 1. The monoisotopic (exact) mass is 167 g/mol. The maximum absolute atomic E-state index is 8.24. The first-order chi connectivity index (χ1) is 5.74. The zero-order valence-electron chi connectivity index (χ0n) is 7.40. The highest BCUT2D eigenvalue weighted by Crippen LogP contribution is 1.78. The second kappa shape index (κ2) is 6.23. The first-order valence-corrected chi connectivity index (χ1v) is 3.76. The van der Waals surface area contributed by atoms with Crippen molar-refractivity contribution in [3.8, 4) is 6.26 Å². The quantitative estimate of drug-likeness (QED) is 0.442. The van der Waals surface area contributed by atoms with E-state index in [1.54, 1.807) is 0 Å². The summed E-state index contributed by atoms with van der Waals surface area (Å²) >= 11 is 0. The van der Waals surface area contributed by atoms with Gasteiger partial charge in [-0.05, 0) is 6.42 Å². The summed E-state index contributed by atoms with van der Waals surface area (Å²) in [5.41, 5.74) is 0. The molecule has 0 unspecified atom stereocenters. The number of nitrogens with zero attached hydrogens (tertiary/aromatic N) is 3. The fraction of sp³-hybridized carbons (Fsp3) is 0.500. The van der Waals surface area contributed by atoms with Crippen LogP contribution in [0.5, 0.6) is 0 Å². The van der Waals surface area contributed by atoms with Crippen molar-refractivity contribution in [3.05, 3.63) is 18.7 Å². The molecule has 1 heterocycles. The molecule has 0 aliphatic heterocycles. The topological polar surface area (TPSA) is 55.7 Å². The summed E-state index contributed by atoms with van der Waals surface area (Å²) in [5.74, 6) is 0. The van der Waals surface area contributed by atoms with Gasteiger partial charge < -0.3 is 5.11 Å². The average Bonchev–Trinajstić information content (AvgIpc) is 2.38. The van der Waals surface area contributed by atoms with E-state index < -0.39 is 0 Å². The molecule has 0 spiro atoms. The SMILES string of the molecule is CCC[n+]1ccn(C)c1.N#C[O-]. The van der Waals surface area contributed by atoms with Crippen molar-refractivity contribution in [3.63, 3.8) is 0 Å². The van der Waals surface area contributed by atoms with Gasteiger partial charge in [0.05, 0.1) is 13.6 Å². The normalized spacial score (nSPS) is 8.08. The van der Waals surface area contributed by atoms with E-state index in [9.17, 15) is 0 Å². The van der Waals surface area contributed by atoms with Gasteiger partial charge in [0.2, 0.25) is 6.33 Å². The van der Waals surface area contributed by atoms with Crippen LogP contribution in [-0.2, 0) is 13.6 Å². The van der Waals surface area contributed by atoms with Gasteiger partial charge in [-0.25, -0.2) is 14.4 Å². The fourth-order valence-electron chi connectivity index (χ4n) is 0.892. The molecule has 0 saturated heterocycles. The molecule has 4 nitrogen and oxygen atoms in total. The Labute approximate surface area is 72.3 Å². The van der Waals surface area contributed by atoms with Gasteiger partial charge in [0, 0.05) is 6.26 Å². The first-order valence-electron chi connectivity index (χ1n) is 3.76. The van der Waals surface area contributed by atoms with E-state index in [0.717, 1.165) is 6.54 Å². The third-order valence-electron chi connectivity index (χ3n) is 1.31. The third-order valence-corrected chi connectivity index (χ3v) is 1.31. The number of aryl methyl sites for hydroxylation is 2. The zero-order valence-corrected chi connectivity index (χ0v) is 7.40. The Morgan fingerprint density at radius 3 is 2.58 bits per heavy atom. The summed E-state index contributed by atoms with van der Waals surface area (Å²) in [6, 6.07) is 0. The molecule has 1 rings (SSSR count). The summed E-state index contributed by atoms with van der Waals surface area (Å²) in [7, 11) is 2.03. The Morgan fingerprint density at radius 1 is 1.67 bits per heavy atom. The number of hydrogen-bond donors (Lipinski definition) is 0. The van der Waals surface area contributed by atoms with Crippen molar-refractivity contribution >= 4 is 0 Å². The molecular formula is C8H13N3O. The smallest absolute Gasteiger partial charge is 0.243 e. The lowest BCUT2D eigenvalue weighted by molar-refractivity contribution is -0.696. The van der Waals surface area contributed by atoms with Crippen molar-refractivity contribution in [2.24, 2.45) is 7.05 Å². The molecule has 0 atom stereocenters. The van der Waals surface area contributed by atoms with Crippen LogP contribution in [0.2, 0.25) is 0 Å². The number of aromatic nitrogens is 2. The van der Waals surface area contributed by atoms with Gasteiger partial charge in [-0.1, -0.05) is 6.92 Å². The molecule has 0 aromatic carbocycles. The zero-order chi connectivity index (χ0) is 9.40. The third kappa shape index (κ3) is 4.34. The van der Waals surface area contributed by atoms with Crippen molar-refractivity contribution in [1.82, 2.24) is 4.57 Å². The standard InChI is InChI=1S/C7H13N2.CHNO/c1-3-4-9-6-5-8(2)7-9;2-1-3/h5-7H,3-4H2,1-2H3;3H/q+1;/p-1. The summed E-state index contributed by atoms with van der Waals surface area (Å²) < 4.78 is 4.23. The molecule has 0 fully saturated rings. The molecule has 0 amide bonds. The molecule has 1 aromatic heterocycles. The summed E-state index contributed by atoms with van der Waals surface area (Å²) in [5, 5.41) is 15.0. The number of rotatable bonds is 2. The molecule has 0 radical (unpaired) electrons. The molecule has 66 valence electrons. The van der Waals surface area contributed by atoms with Crippen LogP contribution in [0.25, 0.3) is 0 Å². The molecule has 4 heteroatoms. The lowest BCUT2D eigenvalue weighted by atomic mass is 10.5. The minimum absolute atomic E-state index is 0.500. The van der Waals surface area contributed by atoms with Gasteiger partial charge in [-0.2, -0.15) is 0 Å². The van der Waals surface area contributed by atoms with Crippen molar-refractivity contribution in [2.45, 2.75) is 19.9 Å². The van der Waals surface area contributed by atoms with Crippen LogP contribution in [0.4, 0.5) is 0 Å². The van der Waals surface area contributed by atoms with Gasteiger partial charge in [-0.15, -0.1) is 0 Å². The molecule has 12 heavy (non-hydrogen) atoms. The maximum Gasteiger partial charge on any atom is 0.243 e. The van der Waals surface area contributed by atoms with E-state index in [4.69, 9.17) is 10.4 Å². The molecule has 0 aliphatic carbocycles. The van der Waals surface area contributed by atoms with Crippen LogP contribution in [0.15, 0.2) is 18.7 Å². The van der Waals surface area contributed by atoms with E-state index in [1.807, 2.05) is 7.05 Å². The highest BCUT2D eigenvalue weighted by atomic mass is 16.2. The van der Waals surface area contributed by atoms with Crippen LogP contribution >= 0.6 is 0 Å². The van der Waals surface area contributed by atoms with E-state index in [1.165, 1.54) is 6.42 Å². The van der Waals surface area contributed by atoms with E-state index in [2.05, 4.69) is 34.8 Å². The van der Waals surface area contributed by atoms with Crippen LogP contribution < -0.4 is 9.67 Å². The highest BCUT2D eigenvalue weighted by molar-refractivity contribution is 4.61. The van der Waals surface area contributed by atoms with Crippen LogP contribution in [-0.4, -0.2) is 4.57 Å². The Balaban J connectivity index is 0.000000354. The van der Waals surface area contributed by atoms with E-state index >= 15 is 0 Å². The molecule has 0 bridgehead atoms. The van der Waals surface area contributed by atoms with Crippen LogP contribution in [0.1, 0.15) is 13.3 Å². The van der Waals surface area contributed by atoms with Crippen molar-refractivity contribution in [1.29, 1.82) is 5.26 Å². The Kier molecular flexibility index (Phi) is 5.45. The minimum Gasteiger partial charge on any atom is -0.812 e. The fourth-order valence-corrected chi connectivity index (χ4v) is 0.892. The summed E-state index contributed by atoms with van der Waals surface area (Å²) in [6.07, 6.45) is 7.93. The largest absolute Gasteiger partial charge is 0.812 e. The lowest BCUT2D eigenvalue weighted by Gasteiger charge is -1.86. The molecular weight excluding hydrogens is 154 g/mol. The molecule has 0 aliphatic rings. The average molecular weight is 167 g/mol. The Bertz CT molecular complexity index is 249. The summed E-state index contributed by atoms with van der Waals surface area (Å²) in [4.78, 5) is 0. The Morgan fingerprint density at radius 2 is 2.25 bits per heavy atom. The van der Waals surface area contributed by atoms with E-state index in [-0.39, 0.29) is 0 Å². The predicted molar refractivity (Wildman–Crippen MR) is 41.5 cm³/mol. The molecule has 0 N–H and O–H groups in total. The molecule has 0 saturated carbocycles.